The van der Waals surface area contributed by atoms with Gasteiger partial charge in [0.1, 0.15) is 0 Å². The average molecular weight is 151 g/mol. The van der Waals surface area contributed by atoms with Gasteiger partial charge in [-0.15, -0.1) is 0 Å². The van der Waals surface area contributed by atoms with Gasteiger partial charge in [0, 0.05) is 6.54 Å². The van der Waals surface area contributed by atoms with Crippen molar-refractivity contribution in [2.75, 3.05) is 6.54 Å². The molecule has 60 valence electrons. The average Bonchev–Trinajstić information content (AvgIpc) is 2.06. The molecule has 0 radical (unpaired) electrons. The molecule has 0 aliphatic rings. The zero-order valence-corrected chi connectivity index (χ0v) is 6.62. The Hall–Kier alpha value is -0.860. The van der Waals surface area contributed by atoms with Crippen molar-refractivity contribution in [3.63, 3.8) is 0 Å². The second-order valence-electron chi connectivity index (χ2n) is 2.84. The molecule has 0 saturated carbocycles. The highest BCUT2D eigenvalue weighted by molar-refractivity contribution is 5.21. The summed E-state index contributed by atoms with van der Waals surface area (Å²) in [6, 6.07) is 9.43. The summed E-state index contributed by atoms with van der Waals surface area (Å²) < 4.78 is 0. The summed E-state index contributed by atoms with van der Waals surface area (Å²) in [6.45, 7) is 1.96. The topological polar surface area (TPSA) is 46.2 Å². The second-order valence-corrected chi connectivity index (χ2v) is 2.84. The van der Waals surface area contributed by atoms with E-state index in [1.807, 2.05) is 30.3 Å². The van der Waals surface area contributed by atoms with Gasteiger partial charge in [0.15, 0.2) is 0 Å². The number of nitrogens with two attached hydrogens (primary N) is 1. The highest BCUT2D eigenvalue weighted by atomic mass is 16.3. The molecule has 1 unspecified atom stereocenters. The van der Waals surface area contributed by atoms with E-state index in [1.165, 1.54) is 0 Å². The van der Waals surface area contributed by atoms with E-state index >= 15 is 0 Å². The lowest BCUT2D eigenvalue weighted by Gasteiger charge is -2.20. The Kier molecular flexibility index (Phi) is 2.27. The molecule has 0 aliphatic carbocycles. The van der Waals surface area contributed by atoms with Crippen LogP contribution in [0.5, 0.6) is 0 Å². The highest BCUT2D eigenvalue weighted by Crippen LogP contribution is 2.17. The first-order valence-corrected chi connectivity index (χ1v) is 3.65. The Balaban J connectivity index is 2.93. The van der Waals surface area contributed by atoms with Gasteiger partial charge in [0.05, 0.1) is 5.60 Å². The smallest absolute Gasteiger partial charge is 0.0990 e. The van der Waals surface area contributed by atoms with Crippen molar-refractivity contribution in [3.8, 4) is 0 Å². The third kappa shape index (κ3) is 1.79. The first-order chi connectivity index (χ1) is 5.17. The van der Waals surface area contributed by atoms with Crippen molar-refractivity contribution in [3.05, 3.63) is 35.9 Å². The molecule has 0 amide bonds. The lowest BCUT2D eigenvalue weighted by Crippen LogP contribution is -2.31. The van der Waals surface area contributed by atoms with Crippen molar-refractivity contribution in [1.29, 1.82) is 0 Å². The Morgan fingerprint density at radius 3 is 2.36 bits per heavy atom. The summed E-state index contributed by atoms with van der Waals surface area (Å²) in [4.78, 5) is 0. The number of benzene rings is 1. The van der Waals surface area contributed by atoms with Crippen molar-refractivity contribution in [2.24, 2.45) is 5.73 Å². The van der Waals surface area contributed by atoms with Crippen LogP contribution in [0.4, 0.5) is 0 Å². The first kappa shape index (κ1) is 8.24. The molecule has 0 fully saturated rings. The largest absolute Gasteiger partial charge is 0.384 e. The number of hydrogen-bond acceptors (Lipinski definition) is 2. The van der Waals surface area contributed by atoms with Crippen LogP contribution in [0, 0.1) is 0 Å². The van der Waals surface area contributed by atoms with E-state index in [2.05, 4.69) is 0 Å². The minimum Gasteiger partial charge on any atom is -0.384 e. The molecule has 1 atom stereocenters. The van der Waals surface area contributed by atoms with Crippen LogP contribution in [0.1, 0.15) is 12.5 Å². The SMILES string of the molecule is CC(O)(CN)c1ccccc1. The third-order valence-corrected chi connectivity index (χ3v) is 1.79. The normalized spacial score (nSPS) is 15.9. The van der Waals surface area contributed by atoms with E-state index in [4.69, 9.17) is 5.73 Å². The molecule has 3 N–H and O–H groups in total. The van der Waals surface area contributed by atoms with E-state index in [9.17, 15) is 5.11 Å². The lowest BCUT2D eigenvalue weighted by molar-refractivity contribution is 0.0668. The summed E-state index contributed by atoms with van der Waals surface area (Å²) in [7, 11) is 0. The highest BCUT2D eigenvalue weighted by Gasteiger charge is 2.19. The fraction of sp³-hybridized carbons (Fsp3) is 0.333. The maximum atomic E-state index is 9.67. The van der Waals surface area contributed by atoms with E-state index in [-0.39, 0.29) is 6.54 Å². The summed E-state index contributed by atoms with van der Waals surface area (Å²) in [5.74, 6) is 0. The molecule has 1 aromatic rings. The molecule has 1 aromatic carbocycles. The maximum Gasteiger partial charge on any atom is 0.0990 e. The van der Waals surface area contributed by atoms with Crippen LogP contribution in [-0.2, 0) is 5.60 Å². The lowest BCUT2D eigenvalue weighted by atomic mass is 9.97. The van der Waals surface area contributed by atoms with Gasteiger partial charge < -0.3 is 10.8 Å². The van der Waals surface area contributed by atoms with Crippen LogP contribution in [0.25, 0.3) is 0 Å². The third-order valence-electron chi connectivity index (χ3n) is 1.79. The van der Waals surface area contributed by atoms with Gasteiger partial charge in [-0.3, -0.25) is 0 Å². The molecule has 0 bridgehead atoms. The molecule has 2 heteroatoms. The van der Waals surface area contributed by atoms with E-state index in [0.717, 1.165) is 5.56 Å². The van der Waals surface area contributed by atoms with Crippen LogP contribution < -0.4 is 5.73 Å². The molecule has 1 rings (SSSR count). The van der Waals surface area contributed by atoms with Crippen molar-refractivity contribution < 1.29 is 5.11 Å². The molecular weight excluding hydrogens is 138 g/mol. The van der Waals surface area contributed by atoms with Crippen molar-refractivity contribution >= 4 is 0 Å². The monoisotopic (exact) mass is 151 g/mol. The summed E-state index contributed by atoms with van der Waals surface area (Å²) in [5, 5.41) is 9.67. The minimum atomic E-state index is -0.888. The van der Waals surface area contributed by atoms with Gasteiger partial charge >= 0.3 is 0 Å². The number of hydrogen-bond donors (Lipinski definition) is 2. The quantitative estimate of drug-likeness (QED) is 0.658. The van der Waals surface area contributed by atoms with Gasteiger partial charge in [-0.25, -0.2) is 0 Å². The van der Waals surface area contributed by atoms with E-state index in [1.54, 1.807) is 6.92 Å². The molecule has 0 spiro atoms. The molecule has 2 nitrogen and oxygen atoms in total. The van der Waals surface area contributed by atoms with Gasteiger partial charge in [-0.05, 0) is 12.5 Å². The molecule has 0 saturated heterocycles. The zero-order valence-electron chi connectivity index (χ0n) is 6.62. The molecule has 0 heterocycles. The minimum absolute atomic E-state index is 0.247. The summed E-state index contributed by atoms with van der Waals surface area (Å²) in [6.07, 6.45) is 0. The fourth-order valence-electron chi connectivity index (χ4n) is 0.915. The predicted octanol–water partition coefficient (Wildman–Crippen LogP) is 0.853. The van der Waals surface area contributed by atoms with Crippen LogP contribution in [0.2, 0.25) is 0 Å². The zero-order chi connectivity index (χ0) is 8.32. The molecule has 0 aliphatic heterocycles. The van der Waals surface area contributed by atoms with Gasteiger partial charge in [0.2, 0.25) is 0 Å². The summed E-state index contributed by atoms with van der Waals surface area (Å²) >= 11 is 0. The van der Waals surface area contributed by atoms with Gasteiger partial charge in [0.25, 0.3) is 0 Å². The van der Waals surface area contributed by atoms with Gasteiger partial charge in [-0.2, -0.15) is 0 Å². The summed E-state index contributed by atoms with van der Waals surface area (Å²) in [5.41, 5.74) is 5.36. The maximum absolute atomic E-state index is 9.67. The predicted molar refractivity (Wildman–Crippen MR) is 45.1 cm³/mol. The molecule has 0 aromatic heterocycles. The fourth-order valence-corrected chi connectivity index (χ4v) is 0.915. The molecular formula is C9H13NO. The van der Waals surface area contributed by atoms with Crippen LogP contribution in [0.3, 0.4) is 0 Å². The Labute approximate surface area is 66.7 Å². The standard InChI is InChI=1S/C9H13NO/c1-9(11,7-10)8-5-3-2-4-6-8/h2-6,11H,7,10H2,1H3. The Morgan fingerprint density at radius 2 is 1.91 bits per heavy atom. The number of aliphatic hydroxyl groups is 1. The van der Waals surface area contributed by atoms with Crippen molar-refractivity contribution in [2.45, 2.75) is 12.5 Å². The van der Waals surface area contributed by atoms with E-state index < -0.39 is 5.60 Å². The number of rotatable bonds is 2. The first-order valence-electron chi connectivity index (χ1n) is 3.65. The van der Waals surface area contributed by atoms with Crippen LogP contribution in [0.15, 0.2) is 30.3 Å². The Bertz CT molecular complexity index is 218. The van der Waals surface area contributed by atoms with Crippen LogP contribution in [-0.4, -0.2) is 11.7 Å². The Morgan fingerprint density at radius 1 is 1.36 bits per heavy atom. The molecule has 11 heavy (non-hydrogen) atoms. The van der Waals surface area contributed by atoms with Crippen molar-refractivity contribution in [1.82, 2.24) is 0 Å². The second kappa shape index (κ2) is 3.03. The van der Waals surface area contributed by atoms with Gasteiger partial charge in [-0.1, -0.05) is 30.3 Å². The van der Waals surface area contributed by atoms with E-state index in [0.29, 0.717) is 0 Å². The van der Waals surface area contributed by atoms with Crippen LogP contribution >= 0.6 is 0 Å².